The summed E-state index contributed by atoms with van der Waals surface area (Å²) in [5.41, 5.74) is 3.92. The Balaban J connectivity index is 1.63. The van der Waals surface area contributed by atoms with Crippen LogP contribution in [-0.2, 0) is 9.53 Å². The summed E-state index contributed by atoms with van der Waals surface area (Å²) in [6.45, 7) is 7.03. The highest BCUT2D eigenvalue weighted by atomic mass is 16.5. The van der Waals surface area contributed by atoms with Crippen LogP contribution in [0.2, 0.25) is 0 Å². The molecule has 2 aromatic rings. The first kappa shape index (κ1) is 19.5. The molecule has 0 radical (unpaired) electrons. The lowest BCUT2D eigenvalue weighted by molar-refractivity contribution is -0.142. The van der Waals surface area contributed by atoms with E-state index in [1.165, 1.54) is 16.7 Å². The van der Waals surface area contributed by atoms with Gasteiger partial charge in [-0.3, -0.25) is 9.80 Å². The van der Waals surface area contributed by atoms with Crippen molar-refractivity contribution in [2.45, 2.75) is 13.0 Å². The smallest absolute Gasteiger partial charge is 0.329 e. The topological polar surface area (TPSA) is 53.0 Å². The Kier molecular flexibility index (Phi) is 6.98. The van der Waals surface area contributed by atoms with Crippen molar-refractivity contribution >= 4 is 5.97 Å². The average molecular weight is 368 g/mol. The number of aryl methyl sites for hydroxylation is 1. The van der Waals surface area contributed by atoms with Gasteiger partial charge in [-0.25, -0.2) is 4.79 Å². The Morgan fingerprint density at radius 1 is 1.00 bits per heavy atom. The summed E-state index contributed by atoms with van der Waals surface area (Å²) in [5, 5.41) is 8.63. The Bertz CT molecular complexity index is 710. The van der Waals surface area contributed by atoms with Crippen molar-refractivity contribution in [3.63, 3.8) is 0 Å². The molecule has 0 aliphatic carbocycles. The van der Waals surface area contributed by atoms with Crippen LogP contribution in [0.5, 0.6) is 0 Å². The minimum absolute atomic E-state index is 0.219. The van der Waals surface area contributed by atoms with Gasteiger partial charge < -0.3 is 9.84 Å². The summed E-state index contributed by atoms with van der Waals surface area (Å²) < 4.78 is 5.17. The number of benzene rings is 2. The molecule has 5 heteroatoms. The number of carboxylic acids is 1. The highest BCUT2D eigenvalue weighted by molar-refractivity contribution is 5.67. The number of piperazine rings is 1. The maximum absolute atomic E-state index is 10.5. The summed E-state index contributed by atoms with van der Waals surface area (Å²) >= 11 is 0. The molecule has 0 saturated carbocycles. The third-order valence-corrected chi connectivity index (χ3v) is 5.06. The fraction of sp³-hybridized carbons (Fsp3) is 0.409. The molecule has 1 heterocycles. The van der Waals surface area contributed by atoms with Gasteiger partial charge in [-0.1, -0.05) is 60.2 Å². The number of ether oxygens (including phenoxy) is 1. The summed E-state index contributed by atoms with van der Waals surface area (Å²) in [6.07, 6.45) is 0. The zero-order valence-electron chi connectivity index (χ0n) is 15.9. The number of nitrogens with zero attached hydrogens (tertiary/aromatic N) is 2. The molecular formula is C22H28N2O3. The molecule has 5 nitrogen and oxygen atoms in total. The molecule has 27 heavy (non-hydrogen) atoms. The van der Waals surface area contributed by atoms with E-state index >= 15 is 0 Å². The van der Waals surface area contributed by atoms with Gasteiger partial charge in [0.15, 0.2) is 0 Å². The average Bonchev–Trinajstić information content (AvgIpc) is 2.69. The van der Waals surface area contributed by atoms with Gasteiger partial charge in [0, 0.05) is 32.7 Å². The van der Waals surface area contributed by atoms with Crippen LogP contribution in [0.3, 0.4) is 0 Å². The third kappa shape index (κ3) is 5.63. The van der Waals surface area contributed by atoms with E-state index < -0.39 is 5.97 Å². The molecule has 1 saturated heterocycles. The molecule has 2 aromatic carbocycles. The quantitative estimate of drug-likeness (QED) is 0.726. The van der Waals surface area contributed by atoms with Crippen LogP contribution in [0, 0.1) is 6.92 Å². The maximum atomic E-state index is 10.5. The third-order valence-electron chi connectivity index (χ3n) is 5.06. The van der Waals surface area contributed by atoms with Gasteiger partial charge in [-0.2, -0.15) is 0 Å². The van der Waals surface area contributed by atoms with Crippen molar-refractivity contribution in [3.8, 4) is 0 Å². The number of carboxylic acid groups (broad SMARTS) is 1. The van der Waals surface area contributed by atoms with Gasteiger partial charge in [-0.05, 0) is 18.1 Å². The number of aliphatic carboxylic acids is 1. The molecule has 3 rings (SSSR count). The minimum atomic E-state index is -0.913. The molecule has 0 bridgehead atoms. The predicted octanol–water partition coefficient (Wildman–Crippen LogP) is 2.80. The van der Waals surface area contributed by atoms with Crippen molar-refractivity contribution in [1.82, 2.24) is 9.80 Å². The van der Waals surface area contributed by atoms with Crippen molar-refractivity contribution < 1.29 is 14.6 Å². The Hall–Kier alpha value is -2.21. The normalized spacial score (nSPS) is 16.9. The predicted molar refractivity (Wildman–Crippen MR) is 106 cm³/mol. The van der Waals surface area contributed by atoms with E-state index in [1.54, 1.807) is 0 Å². The number of rotatable bonds is 8. The lowest BCUT2D eigenvalue weighted by atomic mass is 9.95. The van der Waals surface area contributed by atoms with E-state index in [9.17, 15) is 4.79 Å². The first-order valence-corrected chi connectivity index (χ1v) is 9.51. The monoisotopic (exact) mass is 368 g/mol. The first-order valence-electron chi connectivity index (χ1n) is 9.51. The summed E-state index contributed by atoms with van der Waals surface area (Å²) in [7, 11) is 0. The second-order valence-corrected chi connectivity index (χ2v) is 7.05. The van der Waals surface area contributed by atoms with Gasteiger partial charge in [0.2, 0.25) is 0 Å². The highest BCUT2D eigenvalue weighted by Crippen LogP contribution is 2.29. The molecular weight excluding hydrogens is 340 g/mol. The fourth-order valence-corrected chi connectivity index (χ4v) is 3.60. The summed E-state index contributed by atoms with van der Waals surface area (Å²) in [4.78, 5) is 15.4. The maximum Gasteiger partial charge on any atom is 0.329 e. The molecule has 1 fully saturated rings. The van der Waals surface area contributed by atoms with Gasteiger partial charge in [0.05, 0.1) is 12.6 Å². The van der Waals surface area contributed by atoms with E-state index in [4.69, 9.17) is 9.84 Å². The van der Waals surface area contributed by atoms with Gasteiger partial charge in [0.1, 0.15) is 6.61 Å². The lowest BCUT2D eigenvalue weighted by Crippen LogP contribution is -2.48. The molecule has 144 valence electrons. The van der Waals surface area contributed by atoms with Crippen LogP contribution in [0.4, 0.5) is 0 Å². The first-order chi connectivity index (χ1) is 13.1. The van der Waals surface area contributed by atoms with Crippen molar-refractivity contribution in [2.24, 2.45) is 0 Å². The second kappa shape index (κ2) is 9.65. The Morgan fingerprint density at radius 3 is 2.26 bits per heavy atom. The van der Waals surface area contributed by atoms with E-state index in [-0.39, 0.29) is 12.6 Å². The van der Waals surface area contributed by atoms with Crippen LogP contribution >= 0.6 is 0 Å². The SMILES string of the molecule is Cc1ccc(C(c2ccccc2)N2CCN(CCOCC(=O)O)CC2)cc1. The number of hydrogen-bond acceptors (Lipinski definition) is 4. The van der Waals surface area contributed by atoms with Gasteiger partial charge in [0.25, 0.3) is 0 Å². The van der Waals surface area contributed by atoms with Crippen LogP contribution < -0.4 is 0 Å². The van der Waals surface area contributed by atoms with Crippen LogP contribution in [0.25, 0.3) is 0 Å². The zero-order valence-corrected chi connectivity index (χ0v) is 15.9. The van der Waals surface area contributed by atoms with Crippen LogP contribution in [0.1, 0.15) is 22.7 Å². The highest BCUT2D eigenvalue weighted by Gasteiger charge is 2.26. The van der Waals surface area contributed by atoms with Crippen molar-refractivity contribution in [3.05, 3.63) is 71.3 Å². The van der Waals surface area contributed by atoms with E-state index in [1.807, 2.05) is 0 Å². The van der Waals surface area contributed by atoms with Crippen molar-refractivity contribution in [1.29, 1.82) is 0 Å². The summed E-state index contributed by atoms with van der Waals surface area (Å²) in [6, 6.07) is 19.8. The van der Waals surface area contributed by atoms with Crippen LogP contribution in [0.15, 0.2) is 54.6 Å². The molecule has 0 spiro atoms. The Labute approximate surface area is 161 Å². The van der Waals surface area contributed by atoms with Gasteiger partial charge in [-0.15, -0.1) is 0 Å². The van der Waals surface area contributed by atoms with Crippen LogP contribution in [-0.4, -0.2) is 66.8 Å². The standard InChI is InChI=1S/C22H28N2O3/c1-18-7-9-20(10-8-18)22(19-5-3-2-4-6-19)24-13-11-23(12-14-24)15-16-27-17-21(25)26/h2-10,22H,11-17H2,1H3,(H,25,26). The fourth-order valence-electron chi connectivity index (χ4n) is 3.60. The molecule has 1 aliphatic heterocycles. The number of carbonyl (C=O) groups is 1. The van der Waals surface area contributed by atoms with E-state index in [2.05, 4.69) is 71.3 Å². The Morgan fingerprint density at radius 2 is 1.63 bits per heavy atom. The molecule has 1 atom stereocenters. The minimum Gasteiger partial charge on any atom is -0.480 e. The molecule has 0 amide bonds. The molecule has 1 N–H and O–H groups in total. The molecule has 1 unspecified atom stereocenters. The van der Waals surface area contributed by atoms with Crippen molar-refractivity contribution in [2.75, 3.05) is 45.9 Å². The molecule has 1 aliphatic rings. The van der Waals surface area contributed by atoms with E-state index in [0.29, 0.717) is 6.61 Å². The summed E-state index contributed by atoms with van der Waals surface area (Å²) in [5.74, 6) is -0.913. The zero-order chi connectivity index (χ0) is 19.1. The number of hydrogen-bond donors (Lipinski definition) is 1. The molecule has 0 aromatic heterocycles. The van der Waals surface area contributed by atoms with Gasteiger partial charge >= 0.3 is 5.97 Å². The second-order valence-electron chi connectivity index (χ2n) is 7.05. The van der Waals surface area contributed by atoms with E-state index in [0.717, 1.165) is 32.7 Å². The lowest BCUT2D eigenvalue weighted by Gasteiger charge is -2.39. The largest absolute Gasteiger partial charge is 0.480 e.